The Bertz CT molecular complexity index is 383. The Morgan fingerprint density at radius 3 is 2.71 bits per heavy atom. The standard InChI is InChI=1S/C12H17N3O2/c13-11-2-1-10(7-14-11)12(17)15-5-3-9(8-16)4-6-15/h1-2,7,9,16H,3-6,8H2,(H2,13,14). The first kappa shape index (κ1) is 11.9. The number of hydrogen-bond donors (Lipinski definition) is 2. The third kappa shape index (κ3) is 2.74. The van der Waals surface area contributed by atoms with Crippen LogP contribution in [0.15, 0.2) is 18.3 Å². The zero-order valence-electron chi connectivity index (χ0n) is 9.67. The second-order valence-corrected chi connectivity index (χ2v) is 4.39. The average Bonchev–Trinajstić information content (AvgIpc) is 2.39. The number of carbonyl (C=O) groups excluding carboxylic acids is 1. The summed E-state index contributed by atoms with van der Waals surface area (Å²) in [5.41, 5.74) is 6.05. The average molecular weight is 235 g/mol. The lowest BCUT2D eigenvalue weighted by molar-refractivity contribution is 0.0650. The molecule has 1 aliphatic rings. The maximum atomic E-state index is 12.1. The fourth-order valence-electron chi connectivity index (χ4n) is 2.03. The van der Waals surface area contributed by atoms with E-state index in [1.54, 1.807) is 17.0 Å². The Balaban J connectivity index is 1.99. The van der Waals surface area contributed by atoms with Crippen molar-refractivity contribution in [3.63, 3.8) is 0 Å². The number of nitrogen functional groups attached to an aromatic ring is 1. The Kier molecular flexibility index (Phi) is 3.58. The van der Waals surface area contributed by atoms with E-state index in [0.717, 1.165) is 12.8 Å². The molecule has 17 heavy (non-hydrogen) atoms. The number of piperidine rings is 1. The smallest absolute Gasteiger partial charge is 0.255 e. The SMILES string of the molecule is Nc1ccc(C(=O)N2CCC(CO)CC2)cn1. The van der Waals surface area contributed by atoms with E-state index in [1.807, 2.05) is 0 Å². The number of nitrogens with two attached hydrogens (primary N) is 1. The summed E-state index contributed by atoms with van der Waals surface area (Å²) >= 11 is 0. The van der Waals surface area contributed by atoms with Crippen LogP contribution in [0.1, 0.15) is 23.2 Å². The van der Waals surface area contributed by atoms with Crippen molar-refractivity contribution in [2.24, 2.45) is 5.92 Å². The van der Waals surface area contributed by atoms with E-state index in [0.29, 0.717) is 30.4 Å². The lowest BCUT2D eigenvalue weighted by Crippen LogP contribution is -2.39. The molecule has 2 rings (SSSR count). The van der Waals surface area contributed by atoms with Crippen molar-refractivity contribution in [3.05, 3.63) is 23.9 Å². The van der Waals surface area contributed by atoms with Gasteiger partial charge in [-0.2, -0.15) is 0 Å². The number of carbonyl (C=O) groups is 1. The zero-order valence-corrected chi connectivity index (χ0v) is 9.67. The summed E-state index contributed by atoms with van der Waals surface area (Å²) in [6.07, 6.45) is 3.24. The van der Waals surface area contributed by atoms with Gasteiger partial charge in [-0.05, 0) is 30.9 Å². The van der Waals surface area contributed by atoms with Crippen LogP contribution in [0.3, 0.4) is 0 Å². The third-order valence-electron chi connectivity index (χ3n) is 3.19. The van der Waals surface area contributed by atoms with E-state index < -0.39 is 0 Å². The van der Waals surface area contributed by atoms with Gasteiger partial charge in [-0.1, -0.05) is 0 Å². The zero-order chi connectivity index (χ0) is 12.3. The molecule has 1 saturated heterocycles. The predicted molar refractivity (Wildman–Crippen MR) is 64.4 cm³/mol. The first-order chi connectivity index (χ1) is 8.20. The lowest BCUT2D eigenvalue weighted by atomic mass is 9.97. The van der Waals surface area contributed by atoms with Gasteiger partial charge in [-0.3, -0.25) is 4.79 Å². The summed E-state index contributed by atoms with van der Waals surface area (Å²) in [4.78, 5) is 17.8. The van der Waals surface area contributed by atoms with Gasteiger partial charge in [0.2, 0.25) is 0 Å². The van der Waals surface area contributed by atoms with E-state index in [1.165, 1.54) is 6.20 Å². The molecule has 0 unspecified atom stereocenters. The van der Waals surface area contributed by atoms with Crippen molar-refractivity contribution >= 4 is 11.7 Å². The number of nitrogens with zero attached hydrogens (tertiary/aromatic N) is 2. The molecule has 1 aromatic heterocycles. The number of aromatic nitrogens is 1. The van der Waals surface area contributed by atoms with Crippen LogP contribution in [0.5, 0.6) is 0 Å². The second kappa shape index (κ2) is 5.14. The number of pyridine rings is 1. The highest BCUT2D eigenvalue weighted by Gasteiger charge is 2.23. The van der Waals surface area contributed by atoms with Gasteiger partial charge in [0.1, 0.15) is 5.82 Å². The summed E-state index contributed by atoms with van der Waals surface area (Å²) < 4.78 is 0. The van der Waals surface area contributed by atoms with E-state index in [4.69, 9.17) is 10.8 Å². The largest absolute Gasteiger partial charge is 0.396 e. The summed E-state index contributed by atoms with van der Waals surface area (Å²) in [6.45, 7) is 1.62. The van der Waals surface area contributed by atoms with Crippen LogP contribution in [-0.4, -0.2) is 40.6 Å². The minimum absolute atomic E-state index is 0.00566. The lowest BCUT2D eigenvalue weighted by Gasteiger charge is -2.31. The third-order valence-corrected chi connectivity index (χ3v) is 3.19. The van der Waals surface area contributed by atoms with Gasteiger partial charge in [0.15, 0.2) is 0 Å². The minimum atomic E-state index is -0.00566. The van der Waals surface area contributed by atoms with E-state index >= 15 is 0 Å². The molecule has 0 radical (unpaired) electrons. The molecular formula is C12H17N3O2. The second-order valence-electron chi connectivity index (χ2n) is 4.39. The Morgan fingerprint density at radius 1 is 1.47 bits per heavy atom. The van der Waals surface area contributed by atoms with Crippen LogP contribution < -0.4 is 5.73 Å². The van der Waals surface area contributed by atoms with Crippen LogP contribution in [0.2, 0.25) is 0 Å². The van der Waals surface area contributed by atoms with Crippen molar-refractivity contribution in [1.82, 2.24) is 9.88 Å². The fourth-order valence-corrected chi connectivity index (χ4v) is 2.03. The molecule has 0 bridgehead atoms. The Labute approximate surface area is 100 Å². The van der Waals surface area contributed by atoms with Gasteiger partial charge in [0, 0.05) is 25.9 Å². The van der Waals surface area contributed by atoms with Gasteiger partial charge < -0.3 is 15.7 Å². The summed E-state index contributed by atoms with van der Waals surface area (Å²) in [5.74, 6) is 0.748. The Morgan fingerprint density at radius 2 is 2.18 bits per heavy atom. The predicted octanol–water partition coefficient (Wildman–Crippen LogP) is 0.508. The van der Waals surface area contributed by atoms with Gasteiger partial charge in [0.05, 0.1) is 5.56 Å². The van der Waals surface area contributed by atoms with Crippen molar-refractivity contribution < 1.29 is 9.90 Å². The van der Waals surface area contributed by atoms with Gasteiger partial charge in [-0.25, -0.2) is 4.98 Å². The number of hydrogen-bond acceptors (Lipinski definition) is 4. The van der Waals surface area contributed by atoms with E-state index in [2.05, 4.69) is 4.98 Å². The highest BCUT2D eigenvalue weighted by molar-refractivity contribution is 5.94. The molecule has 1 aromatic rings. The van der Waals surface area contributed by atoms with Crippen molar-refractivity contribution in [1.29, 1.82) is 0 Å². The number of rotatable bonds is 2. The first-order valence-electron chi connectivity index (χ1n) is 5.82. The highest BCUT2D eigenvalue weighted by atomic mass is 16.3. The molecule has 1 fully saturated rings. The number of anilines is 1. The molecule has 1 aliphatic heterocycles. The molecule has 0 aliphatic carbocycles. The molecule has 5 nitrogen and oxygen atoms in total. The van der Waals surface area contributed by atoms with Crippen LogP contribution in [0.4, 0.5) is 5.82 Å². The van der Waals surface area contributed by atoms with Crippen LogP contribution >= 0.6 is 0 Å². The Hall–Kier alpha value is -1.62. The molecule has 92 valence electrons. The molecule has 5 heteroatoms. The van der Waals surface area contributed by atoms with Crippen LogP contribution in [0.25, 0.3) is 0 Å². The molecular weight excluding hydrogens is 218 g/mol. The maximum absolute atomic E-state index is 12.1. The van der Waals surface area contributed by atoms with E-state index in [-0.39, 0.29) is 12.5 Å². The topological polar surface area (TPSA) is 79.5 Å². The van der Waals surface area contributed by atoms with Gasteiger partial charge >= 0.3 is 0 Å². The number of likely N-dealkylation sites (tertiary alicyclic amines) is 1. The monoisotopic (exact) mass is 235 g/mol. The van der Waals surface area contributed by atoms with Gasteiger partial charge in [-0.15, -0.1) is 0 Å². The first-order valence-corrected chi connectivity index (χ1v) is 5.82. The summed E-state index contributed by atoms with van der Waals surface area (Å²) in [7, 11) is 0. The molecule has 0 saturated carbocycles. The molecule has 0 spiro atoms. The number of aliphatic hydroxyl groups excluding tert-OH is 1. The van der Waals surface area contributed by atoms with Crippen molar-refractivity contribution in [2.75, 3.05) is 25.4 Å². The maximum Gasteiger partial charge on any atom is 0.255 e. The molecule has 0 aromatic carbocycles. The van der Waals surface area contributed by atoms with Crippen LogP contribution in [0, 0.1) is 5.92 Å². The van der Waals surface area contributed by atoms with Crippen LogP contribution in [-0.2, 0) is 0 Å². The van der Waals surface area contributed by atoms with Gasteiger partial charge in [0.25, 0.3) is 5.91 Å². The molecule has 0 atom stereocenters. The quantitative estimate of drug-likeness (QED) is 0.782. The minimum Gasteiger partial charge on any atom is -0.396 e. The highest BCUT2D eigenvalue weighted by Crippen LogP contribution is 2.18. The summed E-state index contributed by atoms with van der Waals surface area (Å²) in [6, 6.07) is 3.33. The van der Waals surface area contributed by atoms with Crippen molar-refractivity contribution in [3.8, 4) is 0 Å². The molecule has 1 amide bonds. The number of aliphatic hydroxyl groups is 1. The summed E-state index contributed by atoms with van der Waals surface area (Å²) in [5, 5.41) is 9.04. The fraction of sp³-hybridized carbons (Fsp3) is 0.500. The number of amides is 1. The van der Waals surface area contributed by atoms with Crippen molar-refractivity contribution in [2.45, 2.75) is 12.8 Å². The normalized spacial score (nSPS) is 17.1. The van der Waals surface area contributed by atoms with E-state index in [9.17, 15) is 4.79 Å². The molecule has 3 N–H and O–H groups in total. The molecule has 2 heterocycles.